The number of carbonyl (C=O) groups is 2. The van der Waals surface area contributed by atoms with Crippen LogP contribution in [0.1, 0.15) is 18.9 Å². The largest absolute Gasteiger partial charge is 0.326 e. The number of amides is 2. The summed E-state index contributed by atoms with van der Waals surface area (Å²) in [5.74, 6) is -0.163. The average Bonchev–Trinajstić information content (AvgIpc) is 2.54. The van der Waals surface area contributed by atoms with Crippen molar-refractivity contribution < 1.29 is 9.59 Å². The van der Waals surface area contributed by atoms with Gasteiger partial charge in [-0.1, -0.05) is 30.3 Å². The third kappa shape index (κ3) is 6.32. The van der Waals surface area contributed by atoms with Crippen LogP contribution in [0.4, 0.5) is 11.4 Å². The monoisotopic (exact) mass is 311 g/mol. The van der Waals surface area contributed by atoms with E-state index in [-0.39, 0.29) is 11.8 Å². The van der Waals surface area contributed by atoms with Crippen LogP contribution < -0.4 is 16.0 Å². The fourth-order valence-corrected chi connectivity index (χ4v) is 2.09. The van der Waals surface area contributed by atoms with E-state index >= 15 is 0 Å². The molecule has 0 spiro atoms. The molecule has 0 fully saturated rings. The molecule has 0 heterocycles. The lowest BCUT2D eigenvalue weighted by Gasteiger charge is -2.08. The van der Waals surface area contributed by atoms with E-state index in [0.29, 0.717) is 24.3 Å². The molecule has 2 aromatic rings. The molecule has 3 N–H and O–H groups in total. The third-order valence-corrected chi connectivity index (χ3v) is 3.19. The Balaban J connectivity index is 1.69. The zero-order chi connectivity index (χ0) is 16.5. The fourth-order valence-electron chi connectivity index (χ4n) is 2.09. The highest BCUT2D eigenvalue weighted by atomic mass is 16.2. The van der Waals surface area contributed by atoms with Crippen LogP contribution in [0.25, 0.3) is 0 Å². The first kappa shape index (κ1) is 16.7. The van der Waals surface area contributed by atoms with Crippen LogP contribution in [0.15, 0.2) is 54.6 Å². The number of anilines is 2. The van der Waals surface area contributed by atoms with Gasteiger partial charge in [0.05, 0.1) is 0 Å². The van der Waals surface area contributed by atoms with E-state index in [9.17, 15) is 9.59 Å². The maximum Gasteiger partial charge on any atom is 0.225 e. The first-order chi connectivity index (χ1) is 11.1. The minimum Gasteiger partial charge on any atom is -0.326 e. The molecule has 0 unspecified atom stereocenters. The highest BCUT2D eigenvalue weighted by Crippen LogP contribution is 2.13. The van der Waals surface area contributed by atoms with Crippen molar-refractivity contribution in [2.24, 2.45) is 0 Å². The maximum absolute atomic E-state index is 11.9. The van der Waals surface area contributed by atoms with Gasteiger partial charge in [0.25, 0.3) is 0 Å². The highest BCUT2D eigenvalue weighted by molar-refractivity contribution is 5.92. The molecule has 0 aromatic heterocycles. The first-order valence-electron chi connectivity index (χ1n) is 7.55. The molecule has 5 nitrogen and oxygen atoms in total. The normalized spacial score (nSPS) is 10.1. The topological polar surface area (TPSA) is 70.2 Å². The predicted octanol–water partition coefficient (Wildman–Crippen LogP) is 2.76. The summed E-state index contributed by atoms with van der Waals surface area (Å²) in [5.41, 5.74) is 2.62. The van der Waals surface area contributed by atoms with Gasteiger partial charge in [0.2, 0.25) is 11.8 Å². The van der Waals surface area contributed by atoms with E-state index in [0.717, 1.165) is 6.54 Å². The lowest BCUT2D eigenvalue weighted by Crippen LogP contribution is -2.21. The van der Waals surface area contributed by atoms with E-state index in [1.165, 1.54) is 12.5 Å². The lowest BCUT2D eigenvalue weighted by atomic mass is 10.2. The molecular formula is C18H21N3O2. The molecule has 0 aliphatic carbocycles. The highest BCUT2D eigenvalue weighted by Gasteiger charge is 2.03. The van der Waals surface area contributed by atoms with E-state index < -0.39 is 0 Å². The average molecular weight is 311 g/mol. The molecule has 0 aliphatic heterocycles. The summed E-state index contributed by atoms with van der Waals surface area (Å²) in [6.45, 7) is 2.82. The minimum absolute atomic E-state index is 0.0437. The van der Waals surface area contributed by atoms with Gasteiger partial charge in [-0.25, -0.2) is 0 Å². The first-order valence-corrected chi connectivity index (χ1v) is 7.55. The van der Waals surface area contributed by atoms with Crippen molar-refractivity contribution in [1.29, 1.82) is 0 Å². The Bertz CT molecular complexity index is 639. The van der Waals surface area contributed by atoms with E-state index in [2.05, 4.69) is 16.0 Å². The lowest BCUT2D eigenvalue weighted by molar-refractivity contribution is -0.116. The molecule has 2 aromatic carbocycles. The number of hydrogen-bond donors (Lipinski definition) is 3. The summed E-state index contributed by atoms with van der Waals surface area (Å²) in [6, 6.07) is 17.1. The number of benzene rings is 2. The van der Waals surface area contributed by atoms with Gasteiger partial charge < -0.3 is 16.0 Å². The minimum atomic E-state index is -0.119. The molecule has 5 heteroatoms. The van der Waals surface area contributed by atoms with Crippen LogP contribution in [0.5, 0.6) is 0 Å². The molecule has 0 radical (unpaired) electrons. The molecule has 120 valence electrons. The smallest absolute Gasteiger partial charge is 0.225 e. The van der Waals surface area contributed by atoms with Gasteiger partial charge in [0.15, 0.2) is 0 Å². The van der Waals surface area contributed by atoms with Crippen LogP contribution in [-0.2, 0) is 16.1 Å². The maximum atomic E-state index is 11.9. The Morgan fingerprint density at radius 3 is 2.09 bits per heavy atom. The predicted molar refractivity (Wildman–Crippen MR) is 92.1 cm³/mol. The van der Waals surface area contributed by atoms with E-state index in [1.807, 2.05) is 30.3 Å². The number of carbonyl (C=O) groups excluding carboxylic acids is 2. The summed E-state index contributed by atoms with van der Waals surface area (Å²) in [7, 11) is 0. The summed E-state index contributed by atoms with van der Waals surface area (Å²) < 4.78 is 0. The molecule has 2 amide bonds. The molecule has 0 saturated heterocycles. The van der Waals surface area contributed by atoms with Crippen LogP contribution >= 0.6 is 0 Å². The van der Waals surface area contributed by atoms with Crippen LogP contribution in [0.3, 0.4) is 0 Å². The summed E-state index contributed by atoms with van der Waals surface area (Å²) in [6.07, 6.45) is 0.403. The molecule has 0 bridgehead atoms. The van der Waals surface area contributed by atoms with Gasteiger partial charge in [0, 0.05) is 37.8 Å². The summed E-state index contributed by atoms with van der Waals surface area (Å²) in [4.78, 5) is 22.8. The van der Waals surface area contributed by atoms with Crippen molar-refractivity contribution in [1.82, 2.24) is 5.32 Å². The molecule has 23 heavy (non-hydrogen) atoms. The Morgan fingerprint density at radius 2 is 1.48 bits per heavy atom. The second-order valence-corrected chi connectivity index (χ2v) is 5.22. The van der Waals surface area contributed by atoms with Gasteiger partial charge >= 0.3 is 0 Å². The van der Waals surface area contributed by atoms with Crippen molar-refractivity contribution in [3.63, 3.8) is 0 Å². The van der Waals surface area contributed by atoms with Crippen molar-refractivity contribution in [3.8, 4) is 0 Å². The Labute approximate surface area is 136 Å². The third-order valence-electron chi connectivity index (χ3n) is 3.19. The van der Waals surface area contributed by atoms with Crippen LogP contribution in [-0.4, -0.2) is 18.4 Å². The fraction of sp³-hybridized carbons (Fsp3) is 0.222. The number of rotatable bonds is 7. The molecular weight excluding hydrogens is 290 g/mol. The second kappa shape index (κ2) is 8.70. The van der Waals surface area contributed by atoms with E-state index in [1.54, 1.807) is 24.3 Å². The quantitative estimate of drug-likeness (QED) is 0.689. The van der Waals surface area contributed by atoms with Crippen LogP contribution in [0.2, 0.25) is 0 Å². The molecule has 0 atom stereocenters. The van der Waals surface area contributed by atoms with Gasteiger partial charge in [-0.15, -0.1) is 0 Å². The SMILES string of the molecule is CC(=O)Nc1ccc(NC(=O)CCNCc2ccccc2)cc1. The Morgan fingerprint density at radius 1 is 0.870 bits per heavy atom. The Hall–Kier alpha value is -2.66. The van der Waals surface area contributed by atoms with Gasteiger partial charge in [-0.05, 0) is 29.8 Å². The second-order valence-electron chi connectivity index (χ2n) is 5.22. The number of nitrogens with one attached hydrogen (secondary N) is 3. The number of hydrogen-bond acceptors (Lipinski definition) is 3. The van der Waals surface area contributed by atoms with Gasteiger partial charge in [-0.3, -0.25) is 9.59 Å². The van der Waals surface area contributed by atoms with Gasteiger partial charge in [0.1, 0.15) is 0 Å². The molecule has 0 saturated carbocycles. The van der Waals surface area contributed by atoms with Crippen molar-refractivity contribution in [2.45, 2.75) is 19.9 Å². The summed E-state index contributed by atoms with van der Waals surface area (Å²) in [5, 5.41) is 8.75. The van der Waals surface area contributed by atoms with Crippen molar-refractivity contribution >= 4 is 23.2 Å². The van der Waals surface area contributed by atoms with Gasteiger partial charge in [-0.2, -0.15) is 0 Å². The van der Waals surface area contributed by atoms with Crippen LogP contribution in [0, 0.1) is 0 Å². The summed E-state index contributed by atoms with van der Waals surface area (Å²) >= 11 is 0. The van der Waals surface area contributed by atoms with Crippen molar-refractivity contribution in [2.75, 3.05) is 17.2 Å². The zero-order valence-corrected chi connectivity index (χ0v) is 13.1. The van der Waals surface area contributed by atoms with E-state index in [4.69, 9.17) is 0 Å². The standard InChI is InChI=1S/C18H21N3O2/c1-14(22)20-16-7-9-17(10-8-16)21-18(23)11-12-19-13-15-5-3-2-4-6-15/h2-10,19H,11-13H2,1H3,(H,20,22)(H,21,23). The molecule has 0 aliphatic rings. The Kier molecular flexibility index (Phi) is 6.32. The zero-order valence-electron chi connectivity index (χ0n) is 13.1. The van der Waals surface area contributed by atoms with Crippen molar-refractivity contribution in [3.05, 3.63) is 60.2 Å². The molecule has 2 rings (SSSR count).